The lowest BCUT2D eigenvalue weighted by Gasteiger charge is -2.36. The maximum atomic E-state index is 12.3. The number of rotatable bonds is 5. The number of carbonyl (C=O) groups excluding carboxylic acids is 1. The standard InChI is InChI=1S/C20H25N3O3/c1-14-12-23(13-15(2)26-14)19-9-8-17(10-21-19)20(25)22-11-18(24)16-6-4-3-5-7-16/h3-10,14-15,18,24H,11-13H2,1-2H3,(H,22,25)/t14-,15+,18-/m1/s1. The molecule has 1 amide bonds. The van der Waals surface area contributed by atoms with Crippen LogP contribution in [0.1, 0.15) is 35.9 Å². The first-order chi connectivity index (χ1) is 12.5. The van der Waals surface area contributed by atoms with E-state index in [0.717, 1.165) is 24.5 Å². The maximum Gasteiger partial charge on any atom is 0.252 e. The van der Waals surface area contributed by atoms with E-state index in [1.807, 2.05) is 50.2 Å². The van der Waals surface area contributed by atoms with E-state index in [1.54, 1.807) is 12.3 Å². The number of morpholine rings is 1. The zero-order valence-electron chi connectivity index (χ0n) is 15.1. The number of aromatic nitrogens is 1. The minimum atomic E-state index is -0.733. The normalized spacial score (nSPS) is 21.3. The quantitative estimate of drug-likeness (QED) is 0.860. The number of anilines is 1. The number of hydrogen-bond donors (Lipinski definition) is 2. The summed E-state index contributed by atoms with van der Waals surface area (Å²) in [5.41, 5.74) is 1.25. The van der Waals surface area contributed by atoms with Crippen molar-refractivity contribution in [1.82, 2.24) is 10.3 Å². The molecule has 2 heterocycles. The van der Waals surface area contributed by atoms with Crippen LogP contribution in [0, 0.1) is 0 Å². The van der Waals surface area contributed by atoms with Crippen LogP contribution in [0.15, 0.2) is 48.7 Å². The smallest absolute Gasteiger partial charge is 0.252 e. The summed E-state index contributed by atoms with van der Waals surface area (Å²) < 4.78 is 5.73. The first kappa shape index (κ1) is 18.4. The van der Waals surface area contributed by atoms with Gasteiger partial charge in [-0.05, 0) is 31.5 Å². The summed E-state index contributed by atoms with van der Waals surface area (Å²) in [4.78, 5) is 18.9. The van der Waals surface area contributed by atoms with Gasteiger partial charge in [0.1, 0.15) is 5.82 Å². The van der Waals surface area contributed by atoms with E-state index < -0.39 is 6.10 Å². The Morgan fingerprint density at radius 2 is 1.92 bits per heavy atom. The molecule has 138 valence electrons. The molecule has 0 saturated carbocycles. The van der Waals surface area contributed by atoms with Gasteiger partial charge in [-0.25, -0.2) is 4.98 Å². The molecule has 2 aromatic rings. The Hall–Kier alpha value is -2.44. The van der Waals surface area contributed by atoms with Crippen molar-refractivity contribution >= 4 is 11.7 Å². The molecule has 2 N–H and O–H groups in total. The molecular weight excluding hydrogens is 330 g/mol. The van der Waals surface area contributed by atoms with Gasteiger partial charge in [0, 0.05) is 25.8 Å². The fourth-order valence-corrected chi connectivity index (χ4v) is 3.16. The van der Waals surface area contributed by atoms with Crippen LogP contribution in [0.4, 0.5) is 5.82 Å². The molecule has 26 heavy (non-hydrogen) atoms. The zero-order valence-corrected chi connectivity index (χ0v) is 15.1. The van der Waals surface area contributed by atoms with E-state index in [2.05, 4.69) is 15.2 Å². The number of pyridine rings is 1. The number of hydrogen-bond acceptors (Lipinski definition) is 5. The number of amides is 1. The van der Waals surface area contributed by atoms with Gasteiger partial charge in [0.2, 0.25) is 0 Å². The van der Waals surface area contributed by atoms with Crippen LogP contribution in [-0.2, 0) is 4.74 Å². The number of benzene rings is 1. The van der Waals surface area contributed by atoms with Gasteiger partial charge in [-0.2, -0.15) is 0 Å². The molecule has 6 nitrogen and oxygen atoms in total. The number of nitrogens with zero attached hydrogens (tertiary/aromatic N) is 2. The maximum absolute atomic E-state index is 12.3. The molecule has 3 atom stereocenters. The molecule has 0 radical (unpaired) electrons. The summed E-state index contributed by atoms with van der Waals surface area (Å²) in [7, 11) is 0. The largest absolute Gasteiger partial charge is 0.387 e. The van der Waals surface area contributed by atoms with Crippen LogP contribution in [0.3, 0.4) is 0 Å². The van der Waals surface area contributed by atoms with Crippen molar-refractivity contribution in [3.8, 4) is 0 Å². The zero-order chi connectivity index (χ0) is 18.5. The predicted molar refractivity (Wildman–Crippen MR) is 100 cm³/mol. The van der Waals surface area contributed by atoms with Gasteiger partial charge in [-0.15, -0.1) is 0 Å². The van der Waals surface area contributed by atoms with Gasteiger partial charge >= 0.3 is 0 Å². The summed E-state index contributed by atoms with van der Waals surface area (Å²) in [5.74, 6) is 0.593. The first-order valence-electron chi connectivity index (χ1n) is 8.90. The molecule has 0 aliphatic carbocycles. The third-order valence-corrected chi connectivity index (χ3v) is 4.39. The number of aliphatic hydroxyl groups is 1. The Morgan fingerprint density at radius 1 is 1.23 bits per heavy atom. The summed E-state index contributed by atoms with van der Waals surface area (Å²) in [6, 6.07) is 12.9. The van der Waals surface area contributed by atoms with E-state index in [1.165, 1.54) is 0 Å². The highest BCUT2D eigenvalue weighted by atomic mass is 16.5. The molecule has 1 aliphatic rings. The van der Waals surface area contributed by atoms with Crippen molar-refractivity contribution < 1.29 is 14.6 Å². The highest BCUT2D eigenvalue weighted by molar-refractivity contribution is 5.94. The minimum absolute atomic E-state index is 0.156. The second kappa shape index (κ2) is 8.29. The van der Waals surface area contributed by atoms with Crippen LogP contribution in [0.5, 0.6) is 0 Å². The molecule has 1 aromatic carbocycles. The third kappa shape index (κ3) is 4.59. The lowest BCUT2D eigenvalue weighted by atomic mass is 10.1. The van der Waals surface area contributed by atoms with E-state index in [9.17, 15) is 9.90 Å². The summed E-state index contributed by atoms with van der Waals surface area (Å²) >= 11 is 0. The van der Waals surface area contributed by atoms with Gasteiger partial charge in [0.05, 0.1) is 23.9 Å². The van der Waals surface area contributed by atoms with E-state index in [-0.39, 0.29) is 24.7 Å². The third-order valence-electron chi connectivity index (χ3n) is 4.39. The first-order valence-corrected chi connectivity index (χ1v) is 8.90. The SMILES string of the molecule is C[C@@H]1CN(c2ccc(C(=O)NC[C@@H](O)c3ccccc3)cn2)C[C@H](C)O1. The van der Waals surface area contributed by atoms with Gasteiger partial charge < -0.3 is 20.1 Å². The summed E-state index contributed by atoms with van der Waals surface area (Å²) in [6.45, 7) is 5.81. The van der Waals surface area contributed by atoms with Crippen molar-refractivity contribution in [1.29, 1.82) is 0 Å². The van der Waals surface area contributed by atoms with Crippen molar-refractivity contribution in [2.75, 3.05) is 24.5 Å². The molecular formula is C20H25N3O3. The van der Waals surface area contributed by atoms with E-state index >= 15 is 0 Å². The lowest BCUT2D eigenvalue weighted by Crippen LogP contribution is -2.45. The van der Waals surface area contributed by atoms with E-state index in [4.69, 9.17) is 4.74 Å². The van der Waals surface area contributed by atoms with Crippen LogP contribution >= 0.6 is 0 Å². The molecule has 1 aromatic heterocycles. The van der Waals surface area contributed by atoms with Crippen molar-refractivity contribution in [2.24, 2.45) is 0 Å². The Labute approximate surface area is 153 Å². The Bertz CT molecular complexity index is 711. The van der Waals surface area contributed by atoms with E-state index in [0.29, 0.717) is 5.56 Å². The second-order valence-corrected chi connectivity index (χ2v) is 6.70. The molecule has 1 aliphatic heterocycles. The fraction of sp³-hybridized carbons (Fsp3) is 0.400. The molecule has 6 heteroatoms. The average molecular weight is 355 g/mol. The van der Waals surface area contributed by atoms with Crippen molar-refractivity contribution in [3.05, 3.63) is 59.8 Å². The van der Waals surface area contributed by atoms with Gasteiger partial charge in [0.25, 0.3) is 5.91 Å². The molecule has 0 bridgehead atoms. The molecule has 1 fully saturated rings. The highest BCUT2D eigenvalue weighted by Gasteiger charge is 2.23. The van der Waals surface area contributed by atoms with Crippen molar-refractivity contribution in [3.63, 3.8) is 0 Å². The second-order valence-electron chi connectivity index (χ2n) is 6.70. The fourth-order valence-electron chi connectivity index (χ4n) is 3.16. The molecule has 1 saturated heterocycles. The lowest BCUT2D eigenvalue weighted by molar-refractivity contribution is -0.00546. The molecule has 3 rings (SSSR count). The monoisotopic (exact) mass is 355 g/mol. The Balaban J connectivity index is 1.57. The molecule has 0 unspecified atom stereocenters. The molecule has 0 spiro atoms. The topological polar surface area (TPSA) is 74.7 Å². The predicted octanol–water partition coefficient (Wildman–Crippen LogP) is 2.16. The summed E-state index contributed by atoms with van der Waals surface area (Å²) in [5, 5.41) is 12.9. The number of nitrogens with one attached hydrogen (secondary N) is 1. The number of carbonyl (C=O) groups is 1. The van der Waals surface area contributed by atoms with Gasteiger partial charge in [0.15, 0.2) is 0 Å². The van der Waals surface area contributed by atoms with Crippen molar-refractivity contribution in [2.45, 2.75) is 32.2 Å². The summed E-state index contributed by atoms with van der Waals surface area (Å²) in [6.07, 6.45) is 1.15. The average Bonchev–Trinajstić information content (AvgIpc) is 2.66. The Morgan fingerprint density at radius 3 is 2.54 bits per heavy atom. The van der Waals surface area contributed by atoms with Crippen LogP contribution < -0.4 is 10.2 Å². The number of ether oxygens (including phenoxy) is 1. The van der Waals surface area contributed by atoms with Crippen LogP contribution in [0.25, 0.3) is 0 Å². The van der Waals surface area contributed by atoms with Crippen LogP contribution in [-0.4, -0.2) is 47.8 Å². The van der Waals surface area contributed by atoms with Crippen LogP contribution in [0.2, 0.25) is 0 Å². The van der Waals surface area contributed by atoms with Gasteiger partial charge in [-0.1, -0.05) is 30.3 Å². The number of aliphatic hydroxyl groups excluding tert-OH is 1. The Kier molecular flexibility index (Phi) is 5.85. The minimum Gasteiger partial charge on any atom is -0.387 e. The van der Waals surface area contributed by atoms with Gasteiger partial charge in [-0.3, -0.25) is 4.79 Å². The highest BCUT2D eigenvalue weighted by Crippen LogP contribution is 2.18.